The van der Waals surface area contributed by atoms with Crippen LogP contribution < -0.4 is 5.32 Å². The predicted octanol–water partition coefficient (Wildman–Crippen LogP) is 2.10. The molecule has 1 fully saturated rings. The summed E-state index contributed by atoms with van der Waals surface area (Å²) >= 11 is 0. The predicted molar refractivity (Wildman–Crippen MR) is 61.7 cm³/mol. The highest BCUT2D eigenvalue weighted by atomic mass is 15.3. The minimum Gasteiger partial charge on any atom is -0.311 e. The molecule has 0 aliphatic heterocycles. The Kier molecular flexibility index (Phi) is 3.41. The second-order valence-corrected chi connectivity index (χ2v) is 4.52. The van der Waals surface area contributed by atoms with Crippen LogP contribution in [0, 0.1) is 12.8 Å². The molecule has 1 saturated carbocycles. The maximum absolute atomic E-state index is 4.44. The van der Waals surface area contributed by atoms with Crippen LogP contribution >= 0.6 is 0 Å². The Morgan fingerprint density at radius 3 is 2.93 bits per heavy atom. The minimum atomic E-state index is 0.934. The van der Waals surface area contributed by atoms with Crippen LogP contribution in [-0.2, 0) is 13.1 Å². The summed E-state index contributed by atoms with van der Waals surface area (Å²) in [6.07, 6.45) is 4.26. The molecule has 0 spiro atoms. The van der Waals surface area contributed by atoms with E-state index in [0.717, 1.165) is 24.7 Å². The van der Waals surface area contributed by atoms with Crippen molar-refractivity contribution in [2.45, 2.75) is 46.2 Å². The zero-order chi connectivity index (χ0) is 10.7. The minimum absolute atomic E-state index is 0.934. The molecular formula is C12H21N3. The van der Waals surface area contributed by atoms with Crippen LogP contribution in [0.15, 0.2) is 6.07 Å². The number of nitrogens with zero attached hydrogens (tertiary/aromatic N) is 2. The van der Waals surface area contributed by atoms with E-state index >= 15 is 0 Å². The molecule has 0 radical (unpaired) electrons. The summed E-state index contributed by atoms with van der Waals surface area (Å²) in [6, 6.07) is 2.18. The first-order valence-electron chi connectivity index (χ1n) is 6.03. The SMILES string of the molecule is CCn1nc(C)cc1CNCC1CCC1. The smallest absolute Gasteiger partial charge is 0.0597 e. The summed E-state index contributed by atoms with van der Waals surface area (Å²) < 4.78 is 2.09. The zero-order valence-corrected chi connectivity index (χ0v) is 9.79. The van der Waals surface area contributed by atoms with Gasteiger partial charge in [0.15, 0.2) is 0 Å². The first kappa shape index (κ1) is 10.7. The van der Waals surface area contributed by atoms with E-state index in [1.807, 2.05) is 0 Å². The van der Waals surface area contributed by atoms with Crippen molar-refractivity contribution in [1.82, 2.24) is 15.1 Å². The Morgan fingerprint density at radius 1 is 1.53 bits per heavy atom. The van der Waals surface area contributed by atoms with Crippen LogP contribution in [0.2, 0.25) is 0 Å². The van der Waals surface area contributed by atoms with E-state index in [9.17, 15) is 0 Å². The van der Waals surface area contributed by atoms with Gasteiger partial charge in [0, 0.05) is 13.1 Å². The zero-order valence-electron chi connectivity index (χ0n) is 9.79. The van der Waals surface area contributed by atoms with E-state index < -0.39 is 0 Å². The summed E-state index contributed by atoms with van der Waals surface area (Å²) in [4.78, 5) is 0. The van der Waals surface area contributed by atoms with Gasteiger partial charge < -0.3 is 5.32 Å². The quantitative estimate of drug-likeness (QED) is 0.801. The van der Waals surface area contributed by atoms with E-state index in [2.05, 4.69) is 35.0 Å². The van der Waals surface area contributed by atoms with Crippen molar-refractivity contribution in [3.63, 3.8) is 0 Å². The molecule has 1 aliphatic carbocycles. The van der Waals surface area contributed by atoms with Crippen LogP contribution in [0.4, 0.5) is 0 Å². The van der Waals surface area contributed by atoms with Gasteiger partial charge in [0.1, 0.15) is 0 Å². The average Bonchev–Trinajstić information content (AvgIpc) is 2.50. The van der Waals surface area contributed by atoms with E-state index in [1.165, 1.54) is 31.5 Å². The Labute approximate surface area is 91.9 Å². The number of hydrogen-bond donors (Lipinski definition) is 1. The molecule has 1 aromatic heterocycles. The van der Waals surface area contributed by atoms with Crippen LogP contribution in [0.1, 0.15) is 37.6 Å². The van der Waals surface area contributed by atoms with Crippen molar-refractivity contribution < 1.29 is 0 Å². The largest absolute Gasteiger partial charge is 0.311 e. The number of rotatable bonds is 5. The molecule has 84 valence electrons. The molecule has 1 aliphatic rings. The van der Waals surface area contributed by atoms with Gasteiger partial charge in [-0.15, -0.1) is 0 Å². The molecule has 0 atom stereocenters. The average molecular weight is 207 g/mol. The highest BCUT2D eigenvalue weighted by Gasteiger charge is 2.16. The monoisotopic (exact) mass is 207 g/mol. The lowest BCUT2D eigenvalue weighted by Gasteiger charge is -2.25. The van der Waals surface area contributed by atoms with Gasteiger partial charge in [0.05, 0.1) is 11.4 Å². The third-order valence-corrected chi connectivity index (χ3v) is 3.25. The van der Waals surface area contributed by atoms with Gasteiger partial charge >= 0.3 is 0 Å². The lowest BCUT2D eigenvalue weighted by atomic mass is 9.85. The van der Waals surface area contributed by atoms with Crippen LogP contribution in [0.25, 0.3) is 0 Å². The van der Waals surface area contributed by atoms with Gasteiger partial charge in [0.2, 0.25) is 0 Å². The topological polar surface area (TPSA) is 29.9 Å². The highest BCUT2D eigenvalue weighted by molar-refractivity contribution is 5.08. The highest BCUT2D eigenvalue weighted by Crippen LogP contribution is 2.25. The fourth-order valence-electron chi connectivity index (χ4n) is 2.12. The Balaban J connectivity index is 1.80. The number of aryl methyl sites for hydroxylation is 2. The first-order valence-corrected chi connectivity index (χ1v) is 6.03. The van der Waals surface area contributed by atoms with Crippen molar-refractivity contribution in [1.29, 1.82) is 0 Å². The molecule has 1 aromatic rings. The molecule has 0 aromatic carbocycles. The van der Waals surface area contributed by atoms with Crippen molar-refractivity contribution in [3.8, 4) is 0 Å². The van der Waals surface area contributed by atoms with Gasteiger partial charge in [-0.3, -0.25) is 4.68 Å². The van der Waals surface area contributed by atoms with Crippen molar-refractivity contribution in [2.24, 2.45) is 5.92 Å². The second kappa shape index (κ2) is 4.79. The molecule has 3 nitrogen and oxygen atoms in total. The van der Waals surface area contributed by atoms with Crippen molar-refractivity contribution in [3.05, 3.63) is 17.5 Å². The summed E-state index contributed by atoms with van der Waals surface area (Å²) in [7, 11) is 0. The maximum Gasteiger partial charge on any atom is 0.0597 e. The normalized spacial score (nSPS) is 16.7. The third-order valence-electron chi connectivity index (χ3n) is 3.25. The van der Waals surface area contributed by atoms with E-state index in [-0.39, 0.29) is 0 Å². The standard InChI is InChI=1S/C12H21N3/c1-3-15-12(7-10(2)14-15)9-13-8-11-5-4-6-11/h7,11,13H,3-6,8-9H2,1-2H3. The van der Waals surface area contributed by atoms with Crippen LogP contribution in [0.3, 0.4) is 0 Å². The molecule has 0 unspecified atom stereocenters. The van der Waals surface area contributed by atoms with Crippen LogP contribution in [0.5, 0.6) is 0 Å². The van der Waals surface area contributed by atoms with Gasteiger partial charge in [-0.1, -0.05) is 6.42 Å². The molecule has 15 heavy (non-hydrogen) atoms. The molecule has 0 amide bonds. The molecule has 1 heterocycles. The number of aromatic nitrogens is 2. The Bertz CT molecular complexity index is 313. The fraction of sp³-hybridized carbons (Fsp3) is 0.750. The summed E-state index contributed by atoms with van der Waals surface area (Å²) in [5.41, 5.74) is 2.44. The Morgan fingerprint density at radius 2 is 2.33 bits per heavy atom. The molecule has 0 saturated heterocycles. The summed E-state index contributed by atoms with van der Waals surface area (Å²) in [5, 5.41) is 7.97. The van der Waals surface area contributed by atoms with Gasteiger partial charge in [-0.25, -0.2) is 0 Å². The third kappa shape index (κ3) is 2.59. The lowest BCUT2D eigenvalue weighted by Crippen LogP contribution is -2.27. The van der Waals surface area contributed by atoms with E-state index in [1.54, 1.807) is 0 Å². The van der Waals surface area contributed by atoms with E-state index in [4.69, 9.17) is 0 Å². The van der Waals surface area contributed by atoms with Crippen molar-refractivity contribution in [2.75, 3.05) is 6.54 Å². The maximum atomic E-state index is 4.44. The Hall–Kier alpha value is -0.830. The van der Waals surface area contributed by atoms with E-state index in [0.29, 0.717) is 0 Å². The van der Waals surface area contributed by atoms with Gasteiger partial charge in [0.25, 0.3) is 0 Å². The fourth-order valence-corrected chi connectivity index (χ4v) is 2.12. The number of hydrogen-bond acceptors (Lipinski definition) is 2. The first-order chi connectivity index (χ1) is 7.29. The summed E-state index contributed by atoms with van der Waals surface area (Å²) in [6.45, 7) is 7.30. The van der Waals surface area contributed by atoms with Gasteiger partial charge in [-0.05, 0) is 45.2 Å². The second-order valence-electron chi connectivity index (χ2n) is 4.52. The molecular weight excluding hydrogens is 186 g/mol. The molecule has 1 N–H and O–H groups in total. The lowest BCUT2D eigenvalue weighted by molar-refractivity contribution is 0.300. The molecule has 2 rings (SSSR count). The summed E-state index contributed by atoms with van der Waals surface area (Å²) in [5.74, 6) is 0.934. The van der Waals surface area contributed by atoms with Crippen LogP contribution in [-0.4, -0.2) is 16.3 Å². The molecule has 0 bridgehead atoms. The van der Waals surface area contributed by atoms with Gasteiger partial charge in [-0.2, -0.15) is 5.10 Å². The van der Waals surface area contributed by atoms with Crippen molar-refractivity contribution >= 4 is 0 Å². The number of nitrogens with one attached hydrogen (secondary N) is 1. The molecule has 3 heteroatoms.